The number of hydrogen-bond acceptors (Lipinski definition) is 6. The molecule has 0 saturated carbocycles. The Balaban J connectivity index is 1.56. The average molecular weight is 344 g/mol. The molecule has 0 radical (unpaired) electrons. The number of hydrogen-bond donors (Lipinski definition) is 2. The van der Waals surface area contributed by atoms with Crippen LogP contribution < -0.4 is 10.6 Å². The van der Waals surface area contributed by atoms with Crippen molar-refractivity contribution < 1.29 is 4.92 Å². The van der Waals surface area contributed by atoms with E-state index in [0.29, 0.717) is 24.1 Å². The second kappa shape index (κ2) is 7.10. The van der Waals surface area contributed by atoms with Crippen LogP contribution in [-0.4, -0.2) is 28.0 Å². The molecule has 3 aromatic rings. The fraction of sp³-hybridized carbons (Fsp3) is 0.125. The molecule has 0 fully saturated rings. The summed E-state index contributed by atoms with van der Waals surface area (Å²) in [6.07, 6.45) is 0. The summed E-state index contributed by atoms with van der Waals surface area (Å²) < 4.78 is 0. The second-order valence-electron chi connectivity index (χ2n) is 5.01. The molecular formula is C16H14ClN5O2. The number of halogens is 1. The quantitative estimate of drug-likeness (QED) is 0.402. The Bertz CT molecular complexity index is 870. The fourth-order valence-corrected chi connectivity index (χ4v) is 2.38. The van der Waals surface area contributed by atoms with Gasteiger partial charge in [0.25, 0.3) is 5.69 Å². The van der Waals surface area contributed by atoms with E-state index in [1.165, 1.54) is 12.1 Å². The van der Waals surface area contributed by atoms with Gasteiger partial charge in [-0.15, -0.1) is 0 Å². The maximum Gasteiger partial charge on any atom is 0.269 e. The van der Waals surface area contributed by atoms with E-state index in [2.05, 4.69) is 20.6 Å². The maximum atomic E-state index is 10.6. The number of nitro groups is 1. The van der Waals surface area contributed by atoms with Crippen LogP contribution in [0.2, 0.25) is 5.15 Å². The highest BCUT2D eigenvalue weighted by Crippen LogP contribution is 2.20. The predicted molar refractivity (Wildman–Crippen MR) is 94.6 cm³/mol. The first-order valence-corrected chi connectivity index (χ1v) is 7.66. The molecule has 2 N–H and O–H groups in total. The fourth-order valence-electron chi connectivity index (χ4n) is 2.18. The SMILES string of the molecule is O=[N+]([O-])c1ccc(NCCNc2nc3ccccc3nc2Cl)cc1. The van der Waals surface area contributed by atoms with Crippen molar-refractivity contribution in [1.82, 2.24) is 9.97 Å². The monoisotopic (exact) mass is 343 g/mol. The molecule has 122 valence electrons. The Hall–Kier alpha value is -2.93. The third kappa shape index (κ3) is 3.69. The Morgan fingerprint density at radius 1 is 0.958 bits per heavy atom. The van der Waals surface area contributed by atoms with Crippen LogP contribution in [0.5, 0.6) is 0 Å². The number of para-hydroxylation sites is 2. The largest absolute Gasteiger partial charge is 0.383 e. The molecule has 8 heteroatoms. The lowest BCUT2D eigenvalue weighted by Gasteiger charge is -2.10. The predicted octanol–water partition coefficient (Wildman–Crippen LogP) is 3.72. The summed E-state index contributed by atoms with van der Waals surface area (Å²) in [6, 6.07) is 13.8. The number of benzene rings is 2. The minimum atomic E-state index is -0.425. The van der Waals surface area contributed by atoms with Crippen molar-refractivity contribution in [3.8, 4) is 0 Å². The van der Waals surface area contributed by atoms with Gasteiger partial charge in [-0.05, 0) is 24.3 Å². The molecule has 0 unspecified atom stereocenters. The number of nitro benzene ring substituents is 1. The molecule has 1 heterocycles. The lowest BCUT2D eigenvalue weighted by Crippen LogP contribution is -2.14. The van der Waals surface area contributed by atoms with Crippen LogP contribution in [0.4, 0.5) is 17.2 Å². The van der Waals surface area contributed by atoms with E-state index in [-0.39, 0.29) is 5.69 Å². The Labute approximate surface area is 142 Å². The number of nitrogens with zero attached hydrogens (tertiary/aromatic N) is 3. The first-order valence-electron chi connectivity index (χ1n) is 7.28. The van der Waals surface area contributed by atoms with Gasteiger partial charge in [-0.2, -0.15) is 0 Å². The molecule has 0 atom stereocenters. The summed E-state index contributed by atoms with van der Waals surface area (Å²) >= 11 is 6.13. The van der Waals surface area contributed by atoms with Gasteiger partial charge in [0.05, 0.1) is 16.0 Å². The normalized spacial score (nSPS) is 10.5. The van der Waals surface area contributed by atoms with E-state index in [1.54, 1.807) is 12.1 Å². The zero-order valence-electron chi connectivity index (χ0n) is 12.6. The van der Waals surface area contributed by atoms with Crippen molar-refractivity contribution in [3.05, 3.63) is 63.8 Å². The van der Waals surface area contributed by atoms with Gasteiger partial charge in [0.2, 0.25) is 0 Å². The van der Waals surface area contributed by atoms with Gasteiger partial charge in [0.15, 0.2) is 11.0 Å². The van der Waals surface area contributed by atoms with Gasteiger partial charge < -0.3 is 10.6 Å². The molecule has 0 bridgehead atoms. The summed E-state index contributed by atoms with van der Waals surface area (Å²) in [6.45, 7) is 1.17. The first kappa shape index (κ1) is 15.9. The number of anilines is 2. The van der Waals surface area contributed by atoms with E-state index in [9.17, 15) is 10.1 Å². The molecule has 0 amide bonds. The minimum Gasteiger partial charge on any atom is -0.383 e. The highest BCUT2D eigenvalue weighted by molar-refractivity contribution is 6.32. The van der Waals surface area contributed by atoms with Crippen LogP contribution in [0.15, 0.2) is 48.5 Å². The molecule has 24 heavy (non-hydrogen) atoms. The van der Waals surface area contributed by atoms with Crippen molar-refractivity contribution in [3.63, 3.8) is 0 Å². The van der Waals surface area contributed by atoms with E-state index >= 15 is 0 Å². The highest BCUT2D eigenvalue weighted by Gasteiger charge is 2.06. The lowest BCUT2D eigenvalue weighted by molar-refractivity contribution is -0.384. The Morgan fingerprint density at radius 2 is 1.58 bits per heavy atom. The third-order valence-electron chi connectivity index (χ3n) is 3.35. The van der Waals surface area contributed by atoms with Crippen LogP contribution in [0.25, 0.3) is 11.0 Å². The molecule has 0 aliphatic heterocycles. The molecule has 0 spiro atoms. The zero-order valence-corrected chi connectivity index (χ0v) is 13.3. The van der Waals surface area contributed by atoms with E-state index in [4.69, 9.17) is 11.6 Å². The molecule has 1 aromatic heterocycles. The van der Waals surface area contributed by atoms with Crippen LogP contribution in [0.3, 0.4) is 0 Å². The Kier molecular flexibility index (Phi) is 4.72. The van der Waals surface area contributed by atoms with E-state index in [1.807, 2.05) is 24.3 Å². The highest BCUT2D eigenvalue weighted by atomic mass is 35.5. The van der Waals surface area contributed by atoms with Crippen molar-refractivity contribution in [1.29, 1.82) is 0 Å². The standard InChI is InChI=1S/C16H14ClN5O2/c17-15-16(21-14-4-2-1-3-13(14)20-15)19-10-9-18-11-5-7-12(8-6-11)22(23)24/h1-8,18H,9-10H2,(H,19,21). The van der Waals surface area contributed by atoms with Gasteiger partial charge in [-0.1, -0.05) is 23.7 Å². The first-order chi connectivity index (χ1) is 11.6. The number of rotatable bonds is 6. The average Bonchev–Trinajstić information content (AvgIpc) is 2.59. The topological polar surface area (TPSA) is 93.0 Å². The summed E-state index contributed by atoms with van der Waals surface area (Å²) in [5, 5.41) is 17.2. The van der Waals surface area contributed by atoms with Gasteiger partial charge >= 0.3 is 0 Å². The van der Waals surface area contributed by atoms with Crippen molar-refractivity contribution in [2.24, 2.45) is 0 Å². The lowest BCUT2D eigenvalue weighted by atomic mass is 10.3. The van der Waals surface area contributed by atoms with Crippen molar-refractivity contribution >= 4 is 39.8 Å². The van der Waals surface area contributed by atoms with E-state index < -0.39 is 4.92 Å². The smallest absolute Gasteiger partial charge is 0.269 e. The van der Waals surface area contributed by atoms with Crippen LogP contribution >= 0.6 is 11.6 Å². The van der Waals surface area contributed by atoms with Gasteiger partial charge in [0.1, 0.15) is 0 Å². The molecule has 0 saturated heterocycles. The van der Waals surface area contributed by atoms with Crippen LogP contribution in [0.1, 0.15) is 0 Å². The molecular weight excluding hydrogens is 330 g/mol. The number of fused-ring (bicyclic) bond motifs is 1. The van der Waals surface area contributed by atoms with Gasteiger partial charge in [-0.25, -0.2) is 9.97 Å². The van der Waals surface area contributed by atoms with Crippen molar-refractivity contribution in [2.45, 2.75) is 0 Å². The zero-order chi connectivity index (χ0) is 16.9. The molecule has 0 aliphatic carbocycles. The molecule has 7 nitrogen and oxygen atoms in total. The number of non-ortho nitro benzene ring substituents is 1. The molecule has 0 aliphatic rings. The Morgan fingerprint density at radius 3 is 2.25 bits per heavy atom. The second-order valence-corrected chi connectivity index (χ2v) is 5.37. The summed E-state index contributed by atoms with van der Waals surface area (Å²) in [7, 11) is 0. The van der Waals surface area contributed by atoms with Crippen molar-refractivity contribution in [2.75, 3.05) is 23.7 Å². The van der Waals surface area contributed by atoms with Crippen LogP contribution in [0, 0.1) is 10.1 Å². The molecule has 2 aromatic carbocycles. The van der Waals surface area contributed by atoms with Crippen LogP contribution in [-0.2, 0) is 0 Å². The number of nitrogens with one attached hydrogen (secondary N) is 2. The summed E-state index contributed by atoms with van der Waals surface area (Å²) in [4.78, 5) is 18.9. The minimum absolute atomic E-state index is 0.0666. The van der Waals surface area contributed by atoms with E-state index in [0.717, 1.165) is 16.7 Å². The maximum absolute atomic E-state index is 10.6. The van der Waals surface area contributed by atoms with Gasteiger partial charge in [0, 0.05) is 30.9 Å². The number of aromatic nitrogens is 2. The summed E-state index contributed by atoms with van der Waals surface area (Å²) in [5.74, 6) is 0.529. The summed E-state index contributed by atoms with van der Waals surface area (Å²) in [5.41, 5.74) is 2.39. The van der Waals surface area contributed by atoms with Gasteiger partial charge in [-0.3, -0.25) is 10.1 Å². The third-order valence-corrected chi connectivity index (χ3v) is 3.62. The molecule has 3 rings (SSSR count).